The summed E-state index contributed by atoms with van der Waals surface area (Å²) >= 11 is 0. The van der Waals surface area contributed by atoms with Crippen LogP contribution in [0.15, 0.2) is 34.7 Å². The molecule has 7 heteroatoms. The minimum absolute atomic E-state index is 0.283. The fourth-order valence-corrected chi connectivity index (χ4v) is 2.40. The van der Waals surface area contributed by atoms with Gasteiger partial charge in [0, 0.05) is 18.2 Å². The fourth-order valence-electron chi connectivity index (χ4n) is 2.40. The Bertz CT molecular complexity index is 795. The van der Waals surface area contributed by atoms with Crippen molar-refractivity contribution in [2.45, 2.75) is 26.9 Å². The number of carbonyl (C=O) groups is 3. The van der Waals surface area contributed by atoms with Crippen molar-refractivity contribution < 1.29 is 23.5 Å². The van der Waals surface area contributed by atoms with Gasteiger partial charge in [0.2, 0.25) is 6.10 Å². The van der Waals surface area contributed by atoms with Crippen LogP contribution in [0.1, 0.15) is 39.1 Å². The van der Waals surface area contributed by atoms with Crippen LogP contribution in [-0.2, 0) is 9.53 Å². The van der Waals surface area contributed by atoms with Crippen molar-refractivity contribution in [3.63, 3.8) is 0 Å². The maximum Gasteiger partial charge on any atom is 0.343 e. The van der Waals surface area contributed by atoms with Crippen LogP contribution in [0, 0.1) is 20.8 Å². The quantitative estimate of drug-likeness (QED) is 0.831. The van der Waals surface area contributed by atoms with E-state index in [0.29, 0.717) is 22.6 Å². The van der Waals surface area contributed by atoms with Crippen molar-refractivity contribution in [2.24, 2.45) is 0 Å². The lowest BCUT2D eigenvalue weighted by molar-refractivity contribution is -0.129. The zero-order valence-electron chi connectivity index (χ0n) is 14.5. The predicted molar refractivity (Wildman–Crippen MR) is 90.1 cm³/mol. The number of imide groups is 1. The standard InChI is InChI=1S/C18H20N2O5/c1-10-11(2)24-12(3)14(10)17(22)25-15(13-8-6-5-7-9-13)16(21)20-18(23)19-4/h5-9,15H,1-4H3,(H2,19,20,21,23)/t15-/m1/s1. The van der Waals surface area contributed by atoms with Gasteiger partial charge in [-0.3, -0.25) is 10.1 Å². The Morgan fingerprint density at radius 1 is 1.04 bits per heavy atom. The molecule has 0 bridgehead atoms. The number of furan rings is 1. The van der Waals surface area contributed by atoms with Crippen LogP contribution in [-0.4, -0.2) is 25.0 Å². The van der Waals surface area contributed by atoms with E-state index in [9.17, 15) is 14.4 Å². The summed E-state index contributed by atoms with van der Waals surface area (Å²) in [5, 5.41) is 4.41. The van der Waals surface area contributed by atoms with Gasteiger partial charge in [0.25, 0.3) is 5.91 Å². The Labute approximate surface area is 145 Å². The highest BCUT2D eigenvalue weighted by Crippen LogP contribution is 2.25. The summed E-state index contributed by atoms with van der Waals surface area (Å²) in [5.41, 5.74) is 1.39. The number of nitrogens with one attached hydrogen (secondary N) is 2. The molecule has 0 aliphatic carbocycles. The van der Waals surface area contributed by atoms with E-state index in [1.165, 1.54) is 7.05 Å². The van der Waals surface area contributed by atoms with E-state index in [4.69, 9.17) is 9.15 Å². The van der Waals surface area contributed by atoms with Crippen LogP contribution in [0.3, 0.4) is 0 Å². The second-order valence-electron chi connectivity index (χ2n) is 5.48. The molecule has 0 aliphatic rings. The molecule has 2 rings (SSSR count). The summed E-state index contributed by atoms with van der Waals surface area (Å²) in [4.78, 5) is 36.4. The third-order valence-electron chi connectivity index (χ3n) is 3.79. The van der Waals surface area contributed by atoms with E-state index < -0.39 is 24.0 Å². The third kappa shape index (κ3) is 4.06. The lowest BCUT2D eigenvalue weighted by atomic mass is 10.1. The summed E-state index contributed by atoms with van der Waals surface area (Å²) in [7, 11) is 1.38. The molecule has 0 saturated carbocycles. The van der Waals surface area contributed by atoms with E-state index in [-0.39, 0.29) is 5.56 Å². The Balaban J connectivity index is 2.31. The number of benzene rings is 1. The zero-order chi connectivity index (χ0) is 18.6. The molecule has 1 aromatic carbocycles. The topological polar surface area (TPSA) is 97.6 Å². The normalized spacial score (nSPS) is 11.5. The molecule has 3 amide bonds. The number of rotatable bonds is 4. The minimum Gasteiger partial charge on any atom is -0.465 e. The van der Waals surface area contributed by atoms with E-state index in [1.807, 2.05) is 0 Å². The van der Waals surface area contributed by atoms with Crippen molar-refractivity contribution in [3.8, 4) is 0 Å². The van der Waals surface area contributed by atoms with Crippen LogP contribution >= 0.6 is 0 Å². The van der Waals surface area contributed by atoms with Crippen LogP contribution in [0.25, 0.3) is 0 Å². The Morgan fingerprint density at radius 3 is 2.20 bits per heavy atom. The zero-order valence-corrected chi connectivity index (χ0v) is 14.5. The molecule has 1 aromatic heterocycles. The number of hydrogen-bond acceptors (Lipinski definition) is 5. The van der Waals surface area contributed by atoms with Gasteiger partial charge < -0.3 is 14.5 Å². The first-order valence-corrected chi connectivity index (χ1v) is 7.70. The van der Waals surface area contributed by atoms with Gasteiger partial charge in [0.15, 0.2) is 0 Å². The second kappa shape index (κ2) is 7.65. The van der Waals surface area contributed by atoms with Crippen LogP contribution in [0.4, 0.5) is 4.79 Å². The average molecular weight is 344 g/mol. The maximum atomic E-state index is 12.6. The van der Waals surface area contributed by atoms with Gasteiger partial charge in [-0.2, -0.15) is 0 Å². The van der Waals surface area contributed by atoms with Crippen molar-refractivity contribution >= 4 is 17.9 Å². The molecule has 0 aliphatic heterocycles. The predicted octanol–water partition coefficient (Wildman–Crippen LogP) is 2.56. The van der Waals surface area contributed by atoms with Crippen molar-refractivity contribution in [3.05, 3.63) is 58.5 Å². The molecule has 0 unspecified atom stereocenters. The summed E-state index contributed by atoms with van der Waals surface area (Å²) in [6, 6.07) is 7.79. The highest BCUT2D eigenvalue weighted by Gasteiger charge is 2.29. The van der Waals surface area contributed by atoms with Crippen molar-refractivity contribution in [1.82, 2.24) is 10.6 Å². The second-order valence-corrected chi connectivity index (χ2v) is 5.48. The van der Waals surface area contributed by atoms with E-state index in [1.54, 1.807) is 51.1 Å². The van der Waals surface area contributed by atoms with Gasteiger partial charge in [-0.15, -0.1) is 0 Å². The van der Waals surface area contributed by atoms with Crippen LogP contribution in [0.2, 0.25) is 0 Å². The molecule has 0 spiro atoms. The third-order valence-corrected chi connectivity index (χ3v) is 3.79. The lowest BCUT2D eigenvalue weighted by Crippen LogP contribution is -2.41. The summed E-state index contributed by atoms with van der Waals surface area (Å²) in [5.74, 6) is -0.406. The summed E-state index contributed by atoms with van der Waals surface area (Å²) < 4.78 is 10.8. The maximum absolute atomic E-state index is 12.6. The average Bonchev–Trinajstić information content (AvgIpc) is 2.85. The molecule has 132 valence electrons. The van der Waals surface area contributed by atoms with Gasteiger partial charge in [0.1, 0.15) is 17.1 Å². The molecule has 0 saturated heterocycles. The summed E-state index contributed by atoms with van der Waals surface area (Å²) in [6.07, 6.45) is -1.26. The Morgan fingerprint density at radius 2 is 1.68 bits per heavy atom. The number of aryl methyl sites for hydroxylation is 2. The van der Waals surface area contributed by atoms with E-state index in [2.05, 4.69) is 10.6 Å². The highest BCUT2D eigenvalue weighted by molar-refractivity contribution is 5.99. The van der Waals surface area contributed by atoms with E-state index in [0.717, 1.165) is 0 Å². The molecule has 1 heterocycles. The molecule has 25 heavy (non-hydrogen) atoms. The number of urea groups is 1. The molecular weight excluding hydrogens is 324 g/mol. The van der Waals surface area contributed by atoms with Gasteiger partial charge in [-0.1, -0.05) is 30.3 Å². The Hall–Kier alpha value is -3.09. The monoisotopic (exact) mass is 344 g/mol. The van der Waals surface area contributed by atoms with Gasteiger partial charge in [-0.25, -0.2) is 9.59 Å². The number of ether oxygens (including phenoxy) is 1. The van der Waals surface area contributed by atoms with Gasteiger partial charge >= 0.3 is 12.0 Å². The SMILES string of the molecule is CNC(=O)NC(=O)[C@H](OC(=O)c1c(C)oc(C)c1C)c1ccccc1. The smallest absolute Gasteiger partial charge is 0.343 e. The molecule has 0 fully saturated rings. The molecular formula is C18H20N2O5. The van der Waals surface area contributed by atoms with Gasteiger partial charge in [-0.05, 0) is 20.8 Å². The number of amides is 3. The number of carbonyl (C=O) groups excluding carboxylic acids is 3. The molecule has 0 radical (unpaired) electrons. The van der Waals surface area contributed by atoms with Crippen molar-refractivity contribution in [2.75, 3.05) is 7.05 Å². The lowest BCUT2D eigenvalue weighted by Gasteiger charge is -2.17. The number of esters is 1. The summed E-state index contributed by atoms with van der Waals surface area (Å²) in [6.45, 7) is 5.13. The highest BCUT2D eigenvalue weighted by atomic mass is 16.5. The largest absolute Gasteiger partial charge is 0.465 e. The molecule has 2 N–H and O–H groups in total. The first-order valence-electron chi connectivity index (χ1n) is 7.70. The molecule has 7 nitrogen and oxygen atoms in total. The van der Waals surface area contributed by atoms with Crippen LogP contribution < -0.4 is 10.6 Å². The number of hydrogen-bond donors (Lipinski definition) is 2. The Kier molecular flexibility index (Phi) is 5.59. The fraction of sp³-hybridized carbons (Fsp3) is 0.278. The van der Waals surface area contributed by atoms with Gasteiger partial charge in [0.05, 0.1) is 0 Å². The first-order chi connectivity index (χ1) is 11.8. The first kappa shape index (κ1) is 18.3. The molecule has 1 atom stereocenters. The minimum atomic E-state index is -1.26. The molecule has 2 aromatic rings. The van der Waals surface area contributed by atoms with E-state index >= 15 is 0 Å². The van der Waals surface area contributed by atoms with Crippen LogP contribution in [0.5, 0.6) is 0 Å². The van der Waals surface area contributed by atoms with Crippen molar-refractivity contribution in [1.29, 1.82) is 0 Å².